The van der Waals surface area contributed by atoms with Crippen molar-refractivity contribution in [2.75, 3.05) is 19.6 Å². The lowest BCUT2D eigenvalue weighted by Crippen LogP contribution is -2.58. The molecule has 2 heterocycles. The fourth-order valence-corrected chi connectivity index (χ4v) is 2.58. The lowest BCUT2D eigenvalue weighted by atomic mass is 9.86. The van der Waals surface area contributed by atoms with Crippen LogP contribution < -0.4 is 5.32 Å². The molecule has 0 bridgehead atoms. The Hall–Kier alpha value is -0.770. The number of rotatable bonds is 1. The Labute approximate surface area is 104 Å². The van der Waals surface area contributed by atoms with Crippen LogP contribution in [0.3, 0.4) is 0 Å². The summed E-state index contributed by atoms with van der Waals surface area (Å²) in [6, 6.07) is 0.389. The zero-order valence-corrected chi connectivity index (χ0v) is 11.2. The summed E-state index contributed by atoms with van der Waals surface area (Å²) in [4.78, 5) is 14.1. The largest absolute Gasteiger partial charge is 0.444 e. The van der Waals surface area contributed by atoms with Crippen LogP contribution in [0.2, 0.25) is 0 Å². The van der Waals surface area contributed by atoms with Gasteiger partial charge in [-0.15, -0.1) is 0 Å². The molecule has 2 saturated heterocycles. The summed E-state index contributed by atoms with van der Waals surface area (Å²) in [5.74, 6) is 0.628. The van der Waals surface area contributed by atoms with Crippen LogP contribution in [0.4, 0.5) is 4.79 Å². The average Bonchev–Trinajstić information content (AvgIpc) is 2.13. The average molecular weight is 240 g/mol. The Bertz CT molecular complexity index is 282. The molecule has 1 N–H and O–H groups in total. The lowest BCUT2D eigenvalue weighted by molar-refractivity contribution is -0.00302. The van der Waals surface area contributed by atoms with Gasteiger partial charge in [-0.3, -0.25) is 0 Å². The fourth-order valence-electron chi connectivity index (χ4n) is 2.58. The molecule has 17 heavy (non-hydrogen) atoms. The third-order valence-corrected chi connectivity index (χ3v) is 3.53. The number of ether oxygens (including phenoxy) is 1. The molecule has 2 aliphatic rings. The lowest BCUT2D eigenvalue weighted by Gasteiger charge is -2.44. The van der Waals surface area contributed by atoms with Crippen LogP contribution in [0.1, 0.15) is 40.0 Å². The molecule has 1 unspecified atom stereocenters. The van der Waals surface area contributed by atoms with E-state index in [9.17, 15) is 4.79 Å². The van der Waals surface area contributed by atoms with Crippen molar-refractivity contribution in [3.05, 3.63) is 0 Å². The fraction of sp³-hybridized carbons (Fsp3) is 0.923. The minimum absolute atomic E-state index is 0.130. The van der Waals surface area contributed by atoms with Crippen LogP contribution in [0, 0.1) is 5.92 Å². The van der Waals surface area contributed by atoms with Crippen LogP contribution >= 0.6 is 0 Å². The Morgan fingerprint density at radius 1 is 1.29 bits per heavy atom. The zero-order valence-electron chi connectivity index (χ0n) is 11.2. The summed E-state index contributed by atoms with van der Waals surface area (Å²) in [5.41, 5.74) is -0.392. The highest BCUT2D eigenvalue weighted by atomic mass is 16.6. The van der Waals surface area contributed by atoms with Gasteiger partial charge in [-0.1, -0.05) is 0 Å². The van der Waals surface area contributed by atoms with Crippen LogP contribution in [0.15, 0.2) is 0 Å². The van der Waals surface area contributed by atoms with Gasteiger partial charge in [-0.05, 0) is 40.0 Å². The second-order valence-electron chi connectivity index (χ2n) is 6.16. The molecule has 0 saturated carbocycles. The second kappa shape index (κ2) is 4.84. The third-order valence-electron chi connectivity index (χ3n) is 3.53. The molecule has 1 amide bonds. The van der Waals surface area contributed by atoms with E-state index < -0.39 is 5.60 Å². The van der Waals surface area contributed by atoms with E-state index in [4.69, 9.17) is 4.74 Å². The summed E-state index contributed by atoms with van der Waals surface area (Å²) in [6.07, 6.45) is 3.34. The maximum Gasteiger partial charge on any atom is 0.410 e. The van der Waals surface area contributed by atoms with Gasteiger partial charge in [0.15, 0.2) is 0 Å². The first kappa shape index (κ1) is 12.7. The van der Waals surface area contributed by atoms with Gasteiger partial charge in [-0.25, -0.2) is 4.79 Å². The zero-order chi connectivity index (χ0) is 12.5. The first-order valence-corrected chi connectivity index (χ1v) is 6.68. The van der Waals surface area contributed by atoms with E-state index in [1.165, 1.54) is 6.42 Å². The van der Waals surface area contributed by atoms with Crippen molar-refractivity contribution in [3.8, 4) is 0 Å². The molecule has 4 nitrogen and oxygen atoms in total. The van der Waals surface area contributed by atoms with Gasteiger partial charge in [0.05, 0.1) is 0 Å². The molecule has 1 atom stereocenters. The van der Waals surface area contributed by atoms with Crippen molar-refractivity contribution in [2.45, 2.75) is 51.7 Å². The molecule has 0 radical (unpaired) electrons. The standard InChI is InChI=1S/C13H24N2O2/c1-13(2,3)17-12(16)15-7-5-4-6-11(15)10-8-14-9-10/h10-11,14H,4-9H2,1-3H3. The Morgan fingerprint density at radius 3 is 2.53 bits per heavy atom. The van der Waals surface area contributed by atoms with E-state index in [1.807, 2.05) is 25.7 Å². The van der Waals surface area contributed by atoms with E-state index in [-0.39, 0.29) is 6.09 Å². The van der Waals surface area contributed by atoms with Crippen LogP contribution in [-0.2, 0) is 4.74 Å². The molecule has 2 rings (SSSR count). The van der Waals surface area contributed by atoms with Gasteiger partial charge in [0.25, 0.3) is 0 Å². The van der Waals surface area contributed by atoms with E-state index in [2.05, 4.69) is 5.32 Å². The van der Waals surface area contributed by atoms with Crippen molar-refractivity contribution in [1.29, 1.82) is 0 Å². The maximum atomic E-state index is 12.2. The van der Waals surface area contributed by atoms with Crippen LogP contribution in [0.5, 0.6) is 0 Å². The van der Waals surface area contributed by atoms with Crippen LogP contribution in [0.25, 0.3) is 0 Å². The maximum absolute atomic E-state index is 12.2. The monoisotopic (exact) mass is 240 g/mol. The van der Waals surface area contributed by atoms with Gasteiger partial charge < -0.3 is 15.0 Å². The summed E-state index contributed by atoms with van der Waals surface area (Å²) in [6.45, 7) is 8.72. The number of hydrogen-bond acceptors (Lipinski definition) is 3. The molecule has 0 aromatic heterocycles. The predicted octanol–water partition coefficient (Wildman–Crippen LogP) is 2.00. The van der Waals surface area contributed by atoms with E-state index in [0.717, 1.165) is 32.5 Å². The molecular weight excluding hydrogens is 216 g/mol. The van der Waals surface area contributed by atoms with Crippen LogP contribution in [-0.4, -0.2) is 42.3 Å². The molecule has 0 spiro atoms. The summed E-state index contributed by atoms with van der Waals surface area (Å²) in [5, 5.41) is 3.29. The Morgan fingerprint density at radius 2 is 2.00 bits per heavy atom. The first-order valence-electron chi connectivity index (χ1n) is 6.68. The van der Waals surface area contributed by atoms with E-state index in [0.29, 0.717) is 12.0 Å². The second-order valence-corrected chi connectivity index (χ2v) is 6.16. The number of piperidine rings is 1. The Balaban J connectivity index is 1.97. The van der Waals surface area contributed by atoms with Crippen molar-refractivity contribution in [3.63, 3.8) is 0 Å². The number of nitrogens with zero attached hydrogens (tertiary/aromatic N) is 1. The number of amides is 1. The van der Waals surface area contributed by atoms with E-state index >= 15 is 0 Å². The highest BCUT2D eigenvalue weighted by Crippen LogP contribution is 2.27. The van der Waals surface area contributed by atoms with Crippen molar-refractivity contribution in [2.24, 2.45) is 5.92 Å². The third kappa shape index (κ3) is 3.12. The highest BCUT2D eigenvalue weighted by molar-refractivity contribution is 5.68. The number of carbonyl (C=O) groups is 1. The van der Waals surface area contributed by atoms with Gasteiger partial charge in [-0.2, -0.15) is 0 Å². The summed E-state index contributed by atoms with van der Waals surface area (Å²) < 4.78 is 5.49. The van der Waals surface area contributed by atoms with E-state index in [1.54, 1.807) is 0 Å². The normalized spacial score (nSPS) is 26.5. The number of carbonyl (C=O) groups excluding carboxylic acids is 1. The summed E-state index contributed by atoms with van der Waals surface area (Å²) in [7, 11) is 0. The number of likely N-dealkylation sites (tertiary alicyclic amines) is 1. The number of hydrogen-bond donors (Lipinski definition) is 1. The quantitative estimate of drug-likeness (QED) is 0.762. The Kier molecular flexibility index (Phi) is 3.61. The first-order chi connectivity index (χ1) is 7.97. The summed E-state index contributed by atoms with van der Waals surface area (Å²) >= 11 is 0. The topological polar surface area (TPSA) is 41.6 Å². The SMILES string of the molecule is CC(C)(C)OC(=O)N1CCCCC1C1CNC1. The minimum atomic E-state index is -0.392. The predicted molar refractivity (Wildman–Crippen MR) is 66.9 cm³/mol. The smallest absolute Gasteiger partial charge is 0.410 e. The molecule has 0 aliphatic carbocycles. The molecular formula is C13H24N2O2. The molecule has 2 fully saturated rings. The highest BCUT2D eigenvalue weighted by Gasteiger charge is 2.37. The van der Waals surface area contributed by atoms with Gasteiger partial charge in [0.1, 0.15) is 5.60 Å². The van der Waals surface area contributed by atoms with Crippen molar-refractivity contribution in [1.82, 2.24) is 10.2 Å². The van der Waals surface area contributed by atoms with Gasteiger partial charge >= 0.3 is 6.09 Å². The molecule has 98 valence electrons. The number of nitrogens with one attached hydrogen (secondary N) is 1. The molecule has 2 aliphatic heterocycles. The van der Waals surface area contributed by atoms with Gasteiger partial charge in [0.2, 0.25) is 0 Å². The van der Waals surface area contributed by atoms with Crippen molar-refractivity contribution < 1.29 is 9.53 Å². The minimum Gasteiger partial charge on any atom is -0.444 e. The molecule has 0 aromatic rings. The molecule has 0 aromatic carbocycles. The van der Waals surface area contributed by atoms with Crippen molar-refractivity contribution >= 4 is 6.09 Å². The van der Waals surface area contributed by atoms with Gasteiger partial charge in [0, 0.05) is 31.6 Å². The molecule has 4 heteroatoms.